The Bertz CT molecular complexity index is 783. The van der Waals surface area contributed by atoms with E-state index in [9.17, 15) is 9.59 Å². The SMILES string of the molecule is CC(C)NC(=O)[C@@H](C)N(Cc1ccccc1Cl)C(=O)CSCc1ccccc1. The van der Waals surface area contributed by atoms with Crippen molar-refractivity contribution in [3.8, 4) is 0 Å². The van der Waals surface area contributed by atoms with Crippen LogP contribution in [-0.4, -0.2) is 34.6 Å². The molecule has 0 aliphatic carbocycles. The molecule has 0 bridgehead atoms. The summed E-state index contributed by atoms with van der Waals surface area (Å²) in [5, 5.41) is 3.48. The van der Waals surface area contributed by atoms with Crippen LogP contribution in [0.25, 0.3) is 0 Å². The summed E-state index contributed by atoms with van der Waals surface area (Å²) < 4.78 is 0. The monoisotopic (exact) mass is 418 g/mol. The molecule has 1 N–H and O–H groups in total. The molecule has 2 aromatic carbocycles. The molecule has 6 heteroatoms. The maximum Gasteiger partial charge on any atom is 0.242 e. The second kappa shape index (κ2) is 11.1. The Morgan fingerprint density at radius 1 is 1.04 bits per heavy atom. The van der Waals surface area contributed by atoms with Crippen LogP contribution in [0.15, 0.2) is 54.6 Å². The minimum absolute atomic E-state index is 0.0136. The molecule has 0 unspecified atom stereocenters. The van der Waals surface area contributed by atoms with Gasteiger partial charge < -0.3 is 10.2 Å². The van der Waals surface area contributed by atoms with E-state index in [2.05, 4.69) is 5.32 Å². The highest BCUT2D eigenvalue weighted by Crippen LogP contribution is 2.20. The standard InChI is InChI=1S/C22H27ClN2O2S/c1-16(2)24-22(27)17(3)25(13-19-11-7-8-12-20(19)23)21(26)15-28-14-18-9-5-4-6-10-18/h4-12,16-17H,13-15H2,1-3H3,(H,24,27)/t17-/m1/s1. The van der Waals surface area contributed by atoms with Crippen molar-refractivity contribution in [1.29, 1.82) is 0 Å². The second-order valence-electron chi connectivity index (χ2n) is 6.93. The summed E-state index contributed by atoms with van der Waals surface area (Å²) in [4.78, 5) is 27.1. The van der Waals surface area contributed by atoms with Crippen molar-refractivity contribution in [3.63, 3.8) is 0 Å². The Morgan fingerprint density at radius 2 is 1.68 bits per heavy atom. The molecule has 4 nitrogen and oxygen atoms in total. The zero-order chi connectivity index (χ0) is 20.5. The van der Waals surface area contributed by atoms with Crippen LogP contribution in [0.1, 0.15) is 31.9 Å². The molecule has 2 rings (SSSR count). The number of thioether (sulfide) groups is 1. The zero-order valence-corrected chi connectivity index (χ0v) is 18.1. The predicted molar refractivity (Wildman–Crippen MR) is 117 cm³/mol. The lowest BCUT2D eigenvalue weighted by Crippen LogP contribution is -2.49. The highest BCUT2D eigenvalue weighted by Gasteiger charge is 2.26. The van der Waals surface area contributed by atoms with Gasteiger partial charge in [-0.25, -0.2) is 0 Å². The minimum atomic E-state index is -0.580. The molecular weight excluding hydrogens is 392 g/mol. The number of hydrogen-bond donors (Lipinski definition) is 1. The van der Waals surface area contributed by atoms with Crippen molar-refractivity contribution < 1.29 is 9.59 Å². The third-order valence-corrected chi connectivity index (χ3v) is 5.59. The van der Waals surface area contributed by atoms with E-state index in [-0.39, 0.29) is 17.9 Å². The fraction of sp³-hybridized carbons (Fsp3) is 0.364. The molecular formula is C22H27ClN2O2S. The topological polar surface area (TPSA) is 49.4 Å². The summed E-state index contributed by atoms with van der Waals surface area (Å²) in [6.07, 6.45) is 0. The molecule has 0 aliphatic heterocycles. The summed E-state index contributed by atoms with van der Waals surface area (Å²) in [7, 11) is 0. The molecule has 0 aliphatic rings. The second-order valence-corrected chi connectivity index (χ2v) is 8.32. The number of nitrogens with one attached hydrogen (secondary N) is 1. The van der Waals surface area contributed by atoms with E-state index in [4.69, 9.17) is 11.6 Å². The molecule has 0 aromatic heterocycles. The van der Waals surface area contributed by atoms with E-state index in [1.165, 1.54) is 5.56 Å². The largest absolute Gasteiger partial charge is 0.352 e. The Hall–Kier alpha value is -1.98. The van der Waals surface area contributed by atoms with Gasteiger partial charge in [-0.1, -0.05) is 60.1 Å². The zero-order valence-electron chi connectivity index (χ0n) is 16.5. The first kappa shape index (κ1) is 22.3. The van der Waals surface area contributed by atoms with Gasteiger partial charge in [0.05, 0.1) is 5.75 Å². The lowest BCUT2D eigenvalue weighted by atomic mass is 10.1. The number of rotatable bonds is 9. The number of carbonyl (C=O) groups is 2. The first-order valence-corrected chi connectivity index (χ1v) is 10.9. The number of hydrogen-bond acceptors (Lipinski definition) is 3. The van der Waals surface area contributed by atoms with Crippen LogP contribution in [0.2, 0.25) is 5.02 Å². The molecule has 150 valence electrons. The number of halogens is 1. The molecule has 0 saturated heterocycles. The molecule has 1 atom stereocenters. The quantitative estimate of drug-likeness (QED) is 0.651. The predicted octanol–water partition coefficient (Wildman–Crippen LogP) is 4.52. The van der Waals surface area contributed by atoms with Gasteiger partial charge in [0.25, 0.3) is 0 Å². The van der Waals surface area contributed by atoms with Gasteiger partial charge in [0.1, 0.15) is 6.04 Å². The molecule has 0 heterocycles. The summed E-state index contributed by atoms with van der Waals surface area (Å²) >= 11 is 7.83. The Balaban J connectivity index is 2.08. The van der Waals surface area contributed by atoms with Crippen LogP contribution in [-0.2, 0) is 21.9 Å². The maximum atomic E-state index is 13.0. The maximum absolute atomic E-state index is 13.0. The van der Waals surface area contributed by atoms with Crippen molar-refractivity contribution >= 4 is 35.2 Å². The van der Waals surface area contributed by atoms with Crippen molar-refractivity contribution in [1.82, 2.24) is 10.2 Å². The highest BCUT2D eigenvalue weighted by molar-refractivity contribution is 7.99. The summed E-state index contributed by atoms with van der Waals surface area (Å²) in [6, 6.07) is 16.9. The van der Waals surface area contributed by atoms with E-state index in [1.807, 2.05) is 62.4 Å². The summed E-state index contributed by atoms with van der Waals surface area (Å²) in [6.45, 7) is 5.87. The van der Waals surface area contributed by atoms with Crippen LogP contribution in [0, 0.1) is 0 Å². The van der Waals surface area contributed by atoms with Gasteiger partial charge in [0.2, 0.25) is 11.8 Å². The van der Waals surface area contributed by atoms with Gasteiger partial charge >= 0.3 is 0 Å². The van der Waals surface area contributed by atoms with Crippen molar-refractivity contribution in [3.05, 3.63) is 70.7 Å². The van der Waals surface area contributed by atoms with Gasteiger partial charge in [-0.2, -0.15) is 0 Å². The van der Waals surface area contributed by atoms with Gasteiger partial charge in [0.15, 0.2) is 0 Å². The normalized spacial score (nSPS) is 11.9. The number of nitrogens with zero attached hydrogens (tertiary/aromatic N) is 1. The Kier molecular flexibility index (Phi) is 8.87. The smallest absolute Gasteiger partial charge is 0.242 e. The third kappa shape index (κ3) is 6.88. The molecule has 0 spiro atoms. The fourth-order valence-electron chi connectivity index (χ4n) is 2.71. The fourth-order valence-corrected chi connectivity index (χ4v) is 3.78. The van der Waals surface area contributed by atoms with Crippen molar-refractivity contribution in [2.75, 3.05) is 5.75 Å². The van der Waals surface area contributed by atoms with Crippen LogP contribution in [0.5, 0.6) is 0 Å². The number of amides is 2. The van der Waals surface area contributed by atoms with Gasteiger partial charge in [0, 0.05) is 23.4 Å². The summed E-state index contributed by atoms with van der Waals surface area (Å²) in [5.74, 6) is 0.813. The summed E-state index contributed by atoms with van der Waals surface area (Å²) in [5.41, 5.74) is 2.00. The lowest BCUT2D eigenvalue weighted by molar-refractivity contribution is -0.138. The molecule has 2 aromatic rings. The van der Waals surface area contributed by atoms with Gasteiger partial charge in [-0.05, 0) is 38.0 Å². The van der Waals surface area contributed by atoms with Gasteiger partial charge in [-0.15, -0.1) is 11.8 Å². The van der Waals surface area contributed by atoms with Crippen molar-refractivity contribution in [2.24, 2.45) is 0 Å². The first-order chi connectivity index (χ1) is 13.4. The van der Waals surface area contributed by atoms with Crippen LogP contribution < -0.4 is 5.32 Å². The van der Waals surface area contributed by atoms with Gasteiger partial charge in [-0.3, -0.25) is 9.59 Å². The molecule has 0 radical (unpaired) electrons. The van der Waals surface area contributed by atoms with E-state index in [1.54, 1.807) is 29.7 Å². The molecule has 0 saturated carbocycles. The van der Waals surface area contributed by atoms with E-state index >= 15 is 0 Å². The average Bonchev–Trinajstić information content (AvgIpc) is 2.67. The number of benzene rings is 2. The Labute approximate surface area is 176 Å². The molecule has 0 fully saturated rings. The van der Waals surface area contributed by atoms with E-state index in [0.29, 0.717) is 17.3 Å². The third-order valence-electron chi connectivity index (χ3n) is 4.23. The van der Waals surface area contributed by atoms with Crippen LogP contribution in [0.4, 0.5) is 0 Å². The lowest BCUT2D eigenvalue weighted by Gasteiger charge is -2.29. The molecule has 2 amide bonds. The van der Waals surface area contributed by atoms with Crippen molar-refractivity contribution in [2.45, 2.75) is 45.2 Å². The Morgan fingerprint density at radius 3 is 2.32 bits per heavy atom. The van der Waals surface area contributed by atoms with E-state index in [0.717, 1.165) is 11.3 Å². The first-order valence-electron chi connectivity index (χ1n) is 9.33. The van der Waals surface area contributed by atoms with Crippen LogP contribution >= 0.6 is 23.4 Å². The number of carbonyl (C=O) groups excluding carboxylic acids is 2. The minimum Gasteiger partial charge on any atom is -0.352 e. The average molecular weight is 419 g/mol. The van der Waals surface area contributed by atoms with Crippen LogP contribution in [0.3, 0.4) is 0 Å². The molecule has 28 heavy (non-hydrogen) atoms. The highest BCUT2D eigenvalue weighted by atomic mass is 35.5. The van der Waals surface area contributed by atoms with E-state index < -0.39 is 6.04 Å².